The molecule has 6 heteroatoms. The average molecular weight is 388 g/mol. The summed E-state index contributed by atoms with van der Waals surface area (Å²) in [6.07, 6.45) is 0. The number of esters is 1. The molecule has 0 unspecified atom stereocenters. The molecule has 0 bridgehead atoms. The van der Waals surface area contributed by atoms with Crippen molar-refractivity contribution >= 4 is 22.5 Å². The van der Waals surface area contributed by atoms with Gasteiger partial charge in [-0.1, -0.05) is 41.6 Å². The number of aromatic nitrogens is 2. The van der Waals surface area contributed by atoms with Crippen LogP contribution in [0.4, 0.5) is 0 Å². The van der Waals surface area contributed by atoms with Gasteiger partial charge in [-0.3, -0.25) is 9.36 Å². The van der Waals surface area contributed by atoms with Gasteiger partial charge in [0.25, 0.3) is 0 Å². The van der Waals surface area contributed by atoms with Gasteiger partial charge in [0.1, 0.15) is 5.76 Å². The number of Topliss-reactive ketones (excluding diaryl/α,β-unsaturated/α-hetero) is 1. The van der Waals surface area contributed by atoms with Crippen LogP contribution in [0, 0.1) is 20.8 Å². The van der Waals surface area contributed by atoms with Gasteiger partial charge in [0.05, 0.1) is 5.56 Å². The van der Waals surface area contributed by atoms with E-state index in [1.807, 2.05) is 55.7 Å². The number of fused-ring (bicyclic) bond motifs is 1. The molecule has 0 amide bonds. The molecule has 2 aromatic carbocycles. The largest absolute Gasteiger partial charge is 0.454 e. The maximum absolute atomic E-state index is 12.7. The quantitative estimate of drug-likeness (QED) is 0.369. The topological polar surface area (TPSA) is 74.3 Å². The van der Waals surface area contributed by atoms with Crippen LogP contribution in [0.5, 0.6) is 0 Å². The van der Waals surface area contributed by atoms with Gasteiger partial charge in [0.15, 0.2) is 12.4 Å². The molecule has 4 rings (SSSR count). The van der Waals surface area contributed by atoms with Crippen LogP contribution in [-0.4, -0.2) is 28.1 Å². The molecule has 0 spiro atoms. The lowest BCUT2D eigenvalue weighted by Gasteiger charge is -2.08. The Morgan fingerprint density at radius 1 is 1.00 bits per heavy atom. The molecule has 0 aliphatic heterocycles. The molecule has 0 aliphatic carbocycles. The molecule has 0 saturated heterocycles. The first-order chi connectivity index (χ1) is 14.0. The van der Waals surface area contributed by atoms with Crippen LogP contribution in [0.2, 0.25) is 0 Å². The van der Waals surface area contributed by atoms with Crippen molar-refractivity contribution < 1.29 is 18.8 Å². The summed E-state index contributed by atoms with van der Waals surface area (Å²) >= 11 is 0. The van der Waals surface area contributed by atoms with Gasteiger partial charge in [0, 0.05) is 23.0 Å². The van der Waals surface area contributed by atoms with Crippen LogP contribution in [0.1, 0.15) is 37.9 Å². The molecule has 0 fully saturated rings. The molecule has 0 radical (unpaired) electrons. The molecular weight excluding hydrogens is 368 g/mol. The normalized spacial score (nSPS) is 11.0. The third-order valence-corrected chi connectivity index (χ3v) is 4.92. The summed E-state index contributed by atoms with van der Waals surface area (Å²) in [5, 5.41) is 5.76. The Balaban J connectivity index is 1.54. The van der Waals surface area contributed by atoms with Crippen molar-refractivity contribution in [2.24, 2.45) is 0 Å². The lowest BCUT2D eigenvalue weighted by atomic mass is 10.0. The minimum absolute atomic E-state index is 0.266. The van der Waals surface area contributed by atoms with E-state index in [0.717, 1.165) is 22.2 Å². The first-order valence-electron chi connectivity index (χ1n) is 9.26. The Morgan fingerprint density at radius 2 is 1.76 bits per heavy atom. The number of hydrogen-bond donors (Lipinski definition) is 0. The highest BCUT2D eigenvalue weighted by Gasteiger charge is 2.20. The highest BCUT2D eigenvalue weighted by molar-refractivity contribution is 6.06. The van der Waals surface area contributed by atoms with Gasteiger partial charge >= 0.3 is 5.97 Å². The monoisotopic (exact) mass is 388 g/mol. The van der Waals surface area contributed by atoms with Crippen LogP contribution in [0.15, 0.2) is 59.1 Å². The second-order valence-electron chi connectivity index (χ2n) is 6.94. The van der Waals surface area contributed by atoms with Crippen molar-refractivity contribution in [1.29, 1.82) is 0 Å². The summed E-state index contributed by atoms with van der Waals surface area (Å²) in [6, 6.07) is 16.6. The van der Waals surface area contributed by atoms with E-state index in [9.17, 15) is 9.59 Å². The van der Waals surface area contributed by atoms with Crippen molar-refractivity contribution in [2.45, 2.75) is 20.8 Å². The minimum Gasteiger partial charge on any atom is -0.454 e. The molecule has 6 nitrogen and oxygen atoms in total. The molecular formula is C23H20N2O4. The number of ether oxygens (including phenoxy) is 1. The van der Waals surface area contributed by atoms with Crippen LogP contribution in [0.25, 0.3) is 16.6 Å². The van der Waals surface area contributed by atoms with Crippen LogP contribution >= 0.6 is 0 Å². The second kappa shape index (κ2) is 7.39. The SMILES string of the molecule is Cc1cc(-n2c(C)cc(C(=O)COC(=O)c3cccc4ccccc34)c2C)no1. The van der Waals surface area contributed by atoms with Crippen LogP contribution in [-0.2, 0) is 4.74 Å². The second-order valence-corrected chi connectivity index (χ2v) is 6.94. The zero-order valence-corrected chi connectivity index (χ0v) is 16.4. The number of hydrogen-bond acceptors (Lipinski definition) is 5. The molecule has 0 N–H and O–H groups in total. The number of carbonyl (C=O) groups is 2. The maximum Gasteiger partial charge on any atom is 0.339 e. The van der Waals surface area contributed by atoms with Crippen molar-refractivity contribution in [3.05, 3.63) is 82.9 Å². The number of nitrogens with zero attached hydrogens (tertiary/aromatic N) is 2. The fourth-order valence-corrected chi connectivity index (χ4v) is 3.55. The lowest BCUT2D eigenvalue weighted by molar-refractivity contribution is 0.0476. The van der Waals surface area contributed by atoms with Crippen molar-refractivity contribution in [2.75, 3.05) is 6.61 Å². The number of ketones is 1. The third kappa shape index (κ3) is 3.45. The summed E-state index contributed by atoms with van der Waals surface area (Å²) in [5.41, 5.74) is 2.51. The van der Waals surface area contributed by atoms with Crippen molar-refractivity contribution in [3.63, 3.8) is 0 Å². The predicted molar refractivity (Wildman–Crippen MR) is 109 cm³/mol. The Labute approximate surface area is 167 Å². The molecule has 2 heterocycles. The van der Waals surface area contributed by atoms with E-state index < -0.39 is 5.97 Å². The van der Waals surface area contributed by atoms with E-state index in [0.29, 0.717) is 22.7 Å². The Kier molecular flexibility index (Phi) is 4.76. The van der Waals surface area contributed by atoms with E-state index in [-0.39, 0.29) is 12.4 Å². The summed E-state index contributed by atoms with van der Waals surface area (Å²) in [7, 11) is 0. The lowest BCUT2D eigenvalue weighted by Crippen LogP contribution is -2.15. The highest BCUT2D eigenvalue weighted by atomic mass is 16.5. The van der Waals surface area contributed by atoms with E-state index >= 15 is 0 Å². The zero-order valence-electron chi connectivity index (χ0n) is 16.4. The smallest absolute Gasteiger partial charge is 0.339 e. The van der Waals surface area contributed by atoms with Gasteiger partial charge in [-0.2, -0.15) is 0 Å². The Morgan fingerprint density at radius 3 is 2.52 bits per heavy atom. The Bertz CT molecular complexity index is 1230. The van der Waals surface area contributed by atoms with E-state index in [1.54, 1.807) is 24.3 Å². The van der Waals surface area contributed by atoms with Crippen molar-refractivity contribution in [1.82, 2.24) is 9.72 Å². The average Bonchev–Trinajstić information content (AvgIpc) is 3.27. The summed E-state index contributed by atoms with van der Waals surface area (Å²) < 4.78 is 12.3. The molecule has 0 aliphatic rings. The summed E-state index contributed by atoms with van der Waals surface area (Å²) in [6.45, 7) is 5.19. The summed E-state index contributed by atoms with van der Waals surface area (Å²) in [5.74, 6) is 0.517. The standard InChI is InChI=1S/C23H20N2O4/c1-14-11-20(16(3)25(14)22-12-15(2)29-24-22)21(26)13-28-23(27)19-10-6-8-17-7-4-5-9-18(17)19/h4-12H,13H2,1-3H3. The fraction of sp³-hybridized carbons (Fsp3) is 0.174. The number of aryl methyl sites for hydroxylation is 2. The van der Waals surface area contributed by atoms with Crippen LogP contribution in [0.3, 0.4) is 0 Å². The Hall–Kier alpha value is -3.67. The van der Waals surface area contributed by atoms with Gasteiger partial charge < -0.3 is 9.26 Å². The van der Waals surface area contributed by atoms with Gasteiger partial charge in [-0.25, -0.2) is 4.79 Å². The van der Waals surface area contributed by atoms with Crippen molar-refractivity contribution in [3.8, 4) is 5.82 Å². The number of rotatable bonds is 5. The fourth-order valence-electron chi connectivity index (χ4n) is 3.55. The first kappa shape index (κ1) is 18.7. The zero-order chi connectivity index (χ0) is 20.5. The molecule has 29 heavy (non-hydrogen) atoms. The van der Waals surface area contributed by atoms with E-state index in [1.165, 1.54) is 0 Å². The van der Waals surface area contributed by atoms with E-state index in [2.05, 4.69) is 5.16 Å². The first-order valence-corrected chi connectivity index (χ1v) is 9.26. The van der Waals surface area contributed by atoms with Gasteiger partial charge in [-0.15, -0.1) is 0 Å². The summed E-state index contributed by atoms with van der Waals surface area (Å²) in [4.78, 5) is 25.3. The molecule has 0 atom stereocenters. The minimum atomic E-state index is -0.518. The number of carbonyl (C=O) groups excluding carboxylic acids is 2. The molecule has 0 saturated carbocycles. The predicted octanol–water partition coefficient (Wildman–Crippen LogP) is 4.58. The van der Waals surface area contributed by atoms with E-state index in [4.69, 9.17) is 9.26 Å². The molecule has 146 valence electrons. The van der Waals surface area contributed by atoms with Gasteiger partial charge in [0.2, 0.25) is 5.78 Å². The third-order valence-electron chi connectivity index (χ3n) is 4.92. The molecule has 4 aromatic rings. The molecule has 2 aromatic heterocycles. The highest BCUT2D eigenvalue weighted by Crippen LogP contribution is 2.22. The maximum atomic E-state index is 12.7. The number of benzene rings is 2. The van der Waals surface area contributed by atoms with Gasteiger partial charge in [-0.05, 0) is 43.7 Å². The van der Waals surface area contributed by atoms with Crippen LogP contribution < -0.4 is 0 Å².